The molecule has 2 aromatic heterocycles. The van der Waals surface area contributed by atoms with Gasteiger partial charge >= 0.3 is 0 Å². The molecule has 7 heteroatoms. The van der Waals surface area contributed by atoms with E-state index in [1.54, 1.807) is 12.4 Å². The molecule has 0 radical (unpaired) electrons. The standard InChI is InChI=1S/C26H31N5O2/c1-18-8-7-9-19(2)25(18)33-17-23(32)31-15-6-5-10-22(31)24-21(20-11-13-27-14-12-20)16-28-26(29-24)30(3)4/h7-9,11-14,16,22H,5-6,10,15,17H2,1-4H3/t22-/m0/s1. The summed E-state index contributed by atoms with van der Waals surface area (Å²) in [6, 6.07) is 9.78. The van der Waals surface area contributed by atoms with Crippen LogP contribution in [0.3, 0.4) is 0 Å². The molecule has 0 aliphatic carbocycles. The van der Waals surface area contributed by atoms with E-state index in [0.29, 0.717) is 12.5 Å². The number of rotatable bonds is 6. The van der Waals surface area contributed by atoms with Crippen LogP contribution in [0.4, 0.5) is 5.95 Å². The van der Waals surface area contributed by atoms with Crippen molar-refractivity contribution in [2.75, 3.05) is 32.1 Å². The molecule has 1 atom stereocenters. The Labute approximate surface area is 195 Å². The Morgan fingerprint density at radius 1 is 1.12 bits per heavy atom. The zero-order chi connectivity index (χ0) is 23.4. The number of ether oxygens (including phenoxy) is 1. The minimum absolute atomic E-state index is 0.0123. The van der Waals surface area contributed by atoms with Crippen molar-refractivity contribution in [3.8, 4) is 16.9 Å². The molecule has 7 nitrogen and oxygen atoms in total. The second kappa shape index (κ2) is 9.98. The van der Waals surface area contributed by atoms with Gasteiger partial charge in [-0.05, 0) is 61.9 Å². The number of para-hydroxylation sites is 1. The SMILES string of the molecule is Cc1cccc(C)c1OCC(=O)N1CCCC[C@H]1c1nc(N(C)C)ncc1-c1ccncc1. The van der Waals surface area contributed by atoms with E-state index in [-0.39, 0.29) is 18.6 Å². The van der Waals surface area contributed by atoms with Gasteiger partial charge in [-0.2, -0.15) is 0 Å². The molecule has 0 unspecified atom stereocenters. The van der Waals surface area contributed by atoms with E-state index < -0.39 is 0 Å². The maximum atomic E-state index is 13.4. The lowest BCUT2D eigenvalue weighted by Gasteiger charge is -2.36. The van der Waals surface area contributed by atoms with E-state index in [1.165, 1.54) is 0 Å². The lowest BCUT2D eigenvalue weighted by Crippen LogP contribution is -2.41. The largest absolute Gasteiger partial charge is 0.483 e. The van der Waals surface area contributed by atoms with Gasteiger partial charge in [-0.25, -0.2) is 9.97 Å². The first-order valence-corrected chi connectivity index (χ1v) is 11.4. The van der Waals surface area contributed by atoms with Crippen molar-refractivity contribution in [2.45, 2.75) is 39.2 Å². The van der Waals surface area contributed by atoms with E-state index in [4.69, 9.17) is 9.72 Å². The lowest BCUT2D eigenvalue weighted by atomic mass is 9.94. The molecule has 1 aromatic carbocycles. The number of aromatic nitrogens is 3. The Bertz CT molecular complexity index is 1100. The van der Waals surface area contributed by atoms with Crippen LogP contribution in [0, 0.1) is 13.8 Å². The van der Waals surface area contributed by atoms with E-state index in [2.05, 4.69) is 9.97 Å². The van der Waals surface area contributed by atoms with Crippen LogP contribution in [0.1, 0.15) is 42.1 Å². The van der Waals surface area contributed by atoms with E-state index in [1.807, 2.05) is 74.3 Å². The molecular weight excluding hydrogens is 414 g/mol. The fourth-order valence-electron chi connectivity index (χ4n) is 4.37. The molecule has 1 aliphatic rings. The van der Waals surface area contributed by atoms with Crippen LogP contribution >= 0.6 is 0 Å². The van der Waals surface area contributed by atoms with Crippen molar-refractivity contribution in [2.24, 2.45) is 0 Å². The molecule has 1 saturated heterocycles. The predicted octanol–water partition coefficient (Wildman–Crippen LogP) is 4.35. The number of likely N-dealkylation sites (tertiary alicyclic amines) is 1. The van der Waals surface area contributed by atoms with Crippen molar-refractivity contribution in [3.05, 3.63) is 65.7 Å². The van der Waals surface area contributed by atoms with Crippen molar-refractivity contribution in [1.82, 2.24) is 19.9 Å². The number of aryl methyl sites for hydroxylation is 2. The first-order valence-electron chi connectivity index (χ1n) is 11.4. The van der Waals surface area contributed by atoms with E-state index in [9.17, 15) is 4.79 Å². The normalized spacial score (nSPS) is 15.9. The lowest BCUT2D eigenvalue weighted by molar-refractivity contribution is -0.137. The molecule has 0 N–H and O–H groups in total. The Balaban J connectivity index is 1.65. The predicted molar refractivity (Wildman–Crippen MR) is 129 cm³/mol. The molecule has 1 fully saturated rings. The highest BCUT2D eigenvalue weighted by molar-refractivity contribution is 5.79. The van der Waals surface area contributed by atoms with Crippen LogP contribution in [-0.2, 0) is 4.79 Å². The molecule has 1 amide bonds. The monoisotopic (exact) mass is 445 g/mol. The van der Waals surface area contributed by atoms with E-state index in [0.717, 1.165) is 53.0 Å². The number of piperidine rings is 1. The molecule has 3 heterocycles. The molecule has 0 bridgehead atoms. The van der Waals surface area contributed by atoms with Crippen LogP contribution < -0.4 is 9.64 Å². The highest BCUT2D eigenvalue weighted by atomic mass is 16.5. The molecule has 33 heavy (non-hydrogen) atoms. The summed E-state index contributed by atoms with van der Waals surface area (Å²) in [6.07, 6.45) is 8.27. The topological polar surface area (TPSA) is 71.5 Å². The summed E-state index contributed by atoms with van der Waals surface area (Å²) < 4.78 is 6.00. The van der Waals surface area contributed by atoms with Gasteiger partial charge in [-0.1, -0.05) is 18.2 Å². The fourth-order valence-corrected chi connectivity index (χ4v) is 4.37. The summed E-state index contributed by atoms with van der Waals surface area (Å²) in [6.45, 7) is 4.71. The fraction of sp³-hybridized carbons (Fsp3) is 0.385. The highest BCUT2D eigenvalue weighted by Crippen LogP contribution is 2.36. The van der Waals surface area contributed by atoms with Gasteiger partial charge in [0.1, 0.15) is 5.75 Å². The summed E-state index contributed by atoms with van der Waals surface area (Å²) in [7, 11) is 3.85. The van der Waals surface area contributed by atoms with Crippen molar-refractivity contribution in [3.63, 3.8) is 0 Å². The van der Waals surface area contributed by atoms with Gasteiger partial charge in [-0.15, -0.1) is 0 Å². The molecule has 172 valence electrons. The summed E-state index contributed by atoms with van der Waals surface area (Å²) in [4.78, 5) is 30.8. The zero-order valence-electron chi connectivity index (χ0n) is 19.8. The van der Waals surface area contributed by atoms with Crippen LogP contribution in [0.2, 0.25) is 0 Å². The van der Waals surface area contributed by atoms with E-state index >= 15 is 0 Å². The first kappa shape index (κ1) is 22.7. The second-order valence-electron chi connectivity index (χ2n) is 8.71. The van der Waals surface area contributed by atoms with Gasteiger partial charge in [-0.3, -0.25) is 9.78 Å². The van der Waals surface area contributed by atoms with Gasteiger partial charge in [0, 0.05) is 44.8 Å². The van der Waals surface area contributed by atoms with Gasteiger partial charge in [0.25, 0.3) is 5.91 Å². The number of hydrogen-bond acceptors (Lipinski definition) is 6. The molecule has 4 rings (SSSR count). The van der Waals surface area contributed by atoms with Crippen molar-refractivity contribution >= 4 is 11.9 Å². The smallest absolute Gasteiger partial charge is 0.261 e. The van der Waals surface area contributed by atoms with Crippen LogP contribution in [0.15, 0.2) is 48.9 Å². The second-order valence-corrected chi connectivity index (χ2v) is 8.71. The summed E-state index contributed by atoms with van der Waals surface area (Å²) in [5.41, 5.74) is 4.87. The third-order valence-electron chi connectivity index (χ3n) is 6.08. The minimum atomic E-state index is -0.127. The maximum Gasteiger partial charge on any atom is 0.261 e. The van der Waals surface area contributed by atoms with Crippen molar-refractivity contribution in [1.29, 1.82) is 0 Å². The average molecular weight is 446 g/mol. The summed E-state index contributed by atoms with van der Waals surface area (Å²) in [5, 5.41) is 0. The van der Waals surface area contributed by atoms with Gasteiger partial charge < -0.3 is 14.5 Å². The Hall–Kier alpha value is -3.48. The highest BCUT2D eigenvalue weighted by Gasteiger charge is 2.32. The molecule has 0 spiro atoms. The van der Waals surface area contributed by atoms with Crippen molar-refractivity contribution < 1.29 is 9.53 Å². The number of benzene rings is 1. The Morgan fingerprint density at radius 3 is 2.55 bits per heavy atom. The summed E-state index contributed by atoms with van der Waals surface area (Å²) in [5.74, 6) is 1.40. The van der Waals surface area contributed by atoms with Crippen LogP contribution in [0.5, 0.6) is 5.75 Å². The average Bonchev–Trinajstić information content (AvgIpc) is 2.83. The van der Waals surface area contributed by atoms with Gasteiger partial charge in [0.05, 0.1) is 11.7 Å². The third kappa shape index (κ3) is 4.97. The summed E-state index contributed by atoms with van der Waals surface area (Å²) >= 11 is 0. The number of amides is 1. The number of pyridine rings is 1. The Morgan fingerprint density at radius 2 is 1.85 bits per heavy atom. The molecule has 0 saturated carbocycles. The number of anilines is 1. The maximum absolute atomic E-state index is 13.4. The number of carbonyl (C=O) groups is 1. The molecule has 3 aromatic rings. The van der Waals surface area contributed by atoms with Crippen LogP contribution in [0.25, 0.3) is 11.1 Å². The third-order valence-corrected chi connectivity index (χ3v) is 6.08. The Kier molecular flexibility index (Phi) is 6.87. The minimum Gasteiger partial charge on any atom is -0.483 e. The number of hydrogen-bond donors (Lipinski definition) is 0. The molecular formula is C26H31N5O2. The number of nitrogens with zero attached hydrogens (tertiary/aromatic N) is 5. The van der Waals surface area contributed by atoms with Crippen LogP contribution in [-0.4, -0.2) is 53.0 Å². The van der Waals surface area contributed by atoms with Gasteiger partial charge in [0.2, 0.25) is 5.95 Å². The number of carbonyl (C=O) groups excluding carboxylic acids is 1. The quantitative estimate of drug-likeness (QED) is 0.562. The first-order chi connectivity index (χ1) is 16.0. The molecule has 1 aliphatic heterocycles. The van der Waals surface area contributed by atoms with Gasteiger partial charge in [0.15, 0.2) is 6.61 Å². The zero-order valence-corrected chi connectivity index (χ0v) is 19.8.